The minimum Gasteiger partial charge on any atom is -0.387 e. The van der Waals surface area contributed by atoms with Crippen molar-refractivity contribution >= 4 is 5.65 Å². The van der Waals surface area contributed by atoms with Crippen molar-refractivity contribution in [2.45, 2.75) is 20.0 Å². The summed E-state index contributed by atoms with van der Waals surface area (Å²) in [5.41, 5.74) is 2.87. The van der Waals surface area contributed by atoms with Gasteiger partial charge in [0.25, 0.3) is 0 Å². The van der Waals surface area contributed by atoms with Gasteiger partial charge >= 0.3 is 0 Å². The summed E-state index contributed by atoms with van der Waals surface area (Å²) >= 11 is 0. The van der Waals surface area contributed by atoms with Crippen molar-refractivity contribution < 1.29 is 5.11 Å². The predicted molar refractivity (Wildman–Crippen MR) is 50.6 cm³/mol. The Bertz CT molecular complexity index is 431. The molecule has 0 saturated heterocycles. The number of fused-ring (bicyclic) bond motifs is 1. The van der Waals surface area contributed by atoms with Crippen LogP contribution >= 0.6 is 0 Å². The molecule has 3 nitrogen and oxygen atoms in total. The molecule has 0 aliphatic carbocycles. The number of nitrogens with zero attached hydrogens (tertiary/aromatic N) is 2. The zero-order chi connectivity index (χ0) is 9.42. The number of imidazole rings is 1. The molecule has 2 aromatic rings. The molecule has 0 spiro atoms. The fraction of sp³-hybridized carbons (Fsp3) is 0.300. The molecular formula is C10H12N2O. The van der Waals surface area contributed by atoms with Gasteiger partial charge in [0.15, 0.2) is 0 Å². The summed E-state index contributed by atoms with van der Waals surface area (Å²) in [5, 5.41) is 9.44. The molecule has 0 aliphatic rings. The van der Waals surface area contributed by atoms with Gasteiger partial charge in [-0.15, -0.1) is 0 Å². The number of hydrogen-bond donors (Lipinski definition) is 1. The number of aliphatic hydroxyl groups excluding tert-OH is 1. The van der Waals surface area contributed by atoms with Gasteiger partial charge in [0.1, 0.15) is 5.65 Å². The lowest BCUT2D eigenvalue weighted by molar-refractivity contribution is 0.193. The van der Waals surface area contributed by atoms with E-state index in [0.717, 1.165) is 16.9 Å². The maximum absolute atomic E-state index is 9.44. The third-order valence-electron chi connectivity index (χ3n) is 2.19. The molecule has 0 saturated carbocycles. The Morgan fingerprint density at radius 1 is 1.54 bits per heavy atom. The van der Waals surface area contributed by atoms with Crippen LogP contribution in [0.5, 0.6) is 0 Å². The lowest BCUT2D eigenvalue weighted by Crippen LogP contribution is -1.97. The molecule has 2 heterocycles. The molecule has 2 aromatic heterocycles. The minimum atomic E-state index is -0.475. The molecule has 1 N–H and O–H groups in total. The standard InChI is InChI=1S/C10H12N2O/c1-7-4-3-5-12-9(8(2)13)6-11-10(7)12/h3-6,8,13H,1-2H3. The molecule has 0 aliphatic heterocycles. The van der Waals surface area contributed by atoms with Crippen molar-refractivity contribution in [3.8, 4) is 0 Å². The van der Waals surface area contributed by atoms with E-state index in [-0.39, 0.29) is 0 Å². The van der Waals surface area contributed by atoms with Crippen LogP contribution < -0.4 is 0 Å². The van der Waals surface area contributed by atoms with Gasteiger partial charge in [-0.2, -0.15) is 0 Å². The van der Waals surface area contributed by atoms with Crippen LogP contribution in [0.3, 0.4) is 0 Å². The highest BCUT2D eigenvalue weighted by Crippen LogP contribution is 2.16. The van der Waals surface area contributed by atoms with Gasteiger partial charge in [0.2, 0.25) is 0 Å². The van der Waals surface area contributed by atoms with Gasteiger partial charge in [0, 0.05) is 6.20 Å². The van der Waals surface area contributed by atoms with Gasteiger partial charge in [0.05, 0.1) is 18.0 Å². The second-order valence-corrected chi connectivity index (χ2v) is 3.24. The summed E-state index contributed by atoms with van der Waals surface area (Å²) in [7, 11) is 0. The maximum atomic E-state index is 9.44. The Labute approximate surface area is 76.7 Å². The average molecular weight is 176 g/mol. The van der Waals surface area contributed by atoms with E-state index in [2.05, 4.69) is 4.98 Å². The minimum absolute atomic E-state index is 0.475. The molecule has 68 valence electrons. The monoisotopic (exact) mass is 176 g/mol. The average Bonchev–Trinajstić information content (AvgIpc) is 2.48. The molecular weight excluding hydrogens is 164 g/mol. The first-order valence-electron chi connectivity index (χ1n) is 4.31. The van der Waals surface area contributed by atoms with Gasteiger partial charge < -0.3 is 9.51 Å². The molecule has 2 rings (SSSR count). The third-order valence-corrected chi connectivity index (χ3v) is 2.19. The van der Waals surface area contributed by atoms with E-state index in [0.29, 0.717) is 0 Å². The molecule has 1 atom stereocenters. The number of rotatable bonds is 1. The second-order valence-electron chi connectivity index (χ2n) is 3.24. The summed E-state index contributed by atoms with van der Waals surface area (Å²) in [6.07, 6.45) is 3.15. The fourth-order valence-electron chi connectivity index (χ4n) is 1.48. The Morgan fingerprint density at radius 2 is 2.31 bits per heavy atom. The highest BCUT2D eigenvalue weighted by molar-refractivity contribution is 5.48. The van der Waals surface area contributed by atoms with Crippen LogP contribution in [0.15, 0.2) is 24.5 Å². The Hall–Kier alpha value is -1.35. The first-order valence-corrected chi connectivity index (χ1v) is 4.31. The van der Waals surface area contributed by atoms with E-state index in [4.69, 9.17) is 0 Å². The summed E-state index contributed by atoms with van der Waals surface area (Å²) in [4.78, 5) is 4.24. The fourth-order valence-corrected chi connectivity index (χ4v) is 1.48. The van der Waals surface area contributed by atoms with Gasteiger partial charge in [-0.05, 0) is 25.5 Å². The zero-order valence-corrected chi connectivity index (χ0v) is 7.73. The van der Waals surface area contributed by atoms with Crippen molar-refractivity contribution in [3.05, 3.63) is 35.8 Å². The first-order chi connectivity index (χ1) is 6.20. The summed E-state index contributed by atoms with van der Waals surface area (Å²) in [5.74, 6) is 0. The van der Waals surface area contributed by atoms with Crippen LogP contribution in [0.25, 0.3) is 5.65 Å². The third kappa shape index (κ3) is 1.21. The van der Waals surface area contributed by atoms with Crippen LogP contribution in [0, 0.1) is 6.92 Å². The lowest BCUT2D eigenvalue weighted by Gasteiger charge is -2.04. The maximum Gasteiger partial charge on any atom is 0.139 e. The molecule has 1 unspecified atom stereocenters. The van der Waals surface area contributed by atoms with Gasteiger partial charge in [-0.25, -0.2) is 4.98 Å². The lowest BCUT2D eigenvalue weighted by atomic mass is 10.3. The summed E-state index contributed by atoms with van der Waals surface area (Å²) in [6.45, 7) is 3.75. The second kappa shape index (κ2) is 2.85. The number of aliphatic hydroxyl groups is 1. The topological polar surface area (TPSA) is 37.5 Å². The number of pyridine rings is 1. The molecule has 0 bridgehead atoms. The molecule has 13 heavy (non-hydrogen) atoms. The molecule has 0 radical (unpaired) electrons. The van der Waals surface area contributed by atoms with Crippen LogP contribution in [0.1, 0.15) is 24.3 Å². The van der Waals surface area contributed by atoms with Crippen LogP contribution in [0.4, 0.5) is 0 Å². The normalized spacial score (nSPS) is 13.5. The summed E-state index contributed by atoms with van der Waals surface area (Å²) in [6, 6.07) is 3.96. The molecule has 0 fully saturated rings. The Balaban J connectivity index is 2.75. The van der Waals surface area contributed by atoms with E-state index >= 15 is 0 Å². The van der Waals surface area contributed by atoms with E-state index < -0.39 is 6.10 Å². The largest absolute Gasteiger partial charge is 0.387 e. The highest BCUT2D eigenvalue weighted by Gasteiger charge is 2.08. The van der Waals surface area contributed by atoms with Crippen LogP contribution in [-0.2, 0) is 0 Å². The molecule has 0 amide bonds. The smallest absolute Gasteiger partial charge is 0.139 e. The quantitative estimate of drug-likeness (QED) is 0.718. The van der Waals surface area contributed by atoms with Crippen molar-refractivity contribution in [2.75, 3.05) is 0 Å². The Morgan fingerprint density at radius 3 is 3.00 bits per heavy atom. The van der Waals surface area contributed by atoms with Gasteiger partial charge in [-0.1, -0.05) is 6.07 Å². The zero-order valence-electron chi connectivity index (χ0n) is 7.73. The van der Waals surface area contributed by atoms with E-state index in [1.807, 2.05) is 29.7 Å². The number of aryl methyl sites for hydroxylation is 1. The summed E-state index contributed by atoms with van der Waals surface area (Å²) < 4.78 is 1.92. The SMILES string of the molecule is Cc1cccn2c(C(C)O)cnc12. The number of aromatic nitrogens is 2. The predicted octanol–water partition coefficient (Wildman–Crippen LogP) is 1.70. The van der Waals surface area contributed by atoms with Crippen molar-refractivity contribution in [1.82, 2.24) is 9.38 Å². The van der Waals surface area contributed by atoms with E-state index in [9.17, 15) is 5.11 Å². The first kappa shape index (κ1) is 8.26. The van der Waals surface area contributed by atoms with Crippen molar-refractivity contribution in [2.24, 2.45) is 0 Å². The van der Waals surface area contributed by atoms with Gasteiger partial charge in [-0.3, -0.25) is 0 Å². The van der Waals surface area contributed by atoms with E-state index in [1.54, 1.807) is 13.1 Å². The molecule has 3 heteroatoms. The van der Waals surface area contributed by atoms with Crippen LogP contribution in [0.2, 0.25) is 0 Å². The van der Waals surface area contributed by atoms with E-state index in [1.165, 1.54) is 0 Å². The highest BCUT2D eigenvalue weighted by atomic mass is 16.3. The van der Waals surface area contributed by atoms with Crippen LogP contribution in [-0.4, -0.2) is 14.5 Å². The Kier molecular flexibility index (Phi) is 1.81. The van der Waals surface area contributed by atoms with Crippen molar-refractivity contribution in [3.63, 3.8) is 0 Å². The molecule has 0 aromatic carbocycles. The van der Waals surface area contributed by atoms with Crippen molar-refractivity contribution in [1.29, 1.82) is 0 Å². The number of hydrogen-bond acceptors (Lipinski definition) is 2.